The van der Waals surface area contributed by atoms with Crippen LogP contribution in [0.1, 0.15) is 30.7 Å². The van der Waals surface area contributed by atoms with Gasteiger partial charge in [0.15, 0.2) is 0 Å². The number of carbonyl (C=O) groups is 2. The van der Waals surface area contributed by atoms with Gasteiger partial charge in [-0.25, -0.2) is 0 Å². The van der Waals surface area contributed by atoms with E-state index in [2.05, 4.69) is 22.5 Å². The van der Waals surface area contributed by atoms with Gasteiger partial charge in [-0.2, -0.15) is 0 Å². The summed E-state index contributed by atoms with van der Waals surface area (Å²) in [5, 5.41) is 8.87. The number of anilines is 1. The number of rotatable bonds is 2. The lowest BCUT2D eigenvalue weighted by Gasteiger charge is -2.29. The van der Waals surface area contributed by atoms with Crippen LogP contribution in [-0.2, 0) is 9.59 Å². The maximum absolute atomic E-state index is 12.5. The Morgan fingerprint density at radius 2 is 2.10 bits per heavy atom. The van der Waals surface area contributed by atoms with E-state index in [-0.39, 0.29) is 17.7 Å². The van der Waals surface area contributed by atoms with E-state index in [4.69, 9.17) is 0 Å². The lowest BCUT2D eigenvalue weighted by atomic mass is 9.89. The molecule has 2 heterocycles. The number of para-hydroxylation sites is 1. The normalized spacial score (nSPS) is 24.6. The van der Waals surface area contributed by atoms with Gasteiger partial charge in [0.1, 0.15) is 6.04 Å². The number of allylic oxidation sites excluding steroid dienone is 1. The highest BCUT2D eigenvalue weighted by atomic mass is 16.2. The molecule has 2 atom stereocenters. The van der Waals surface area contributed by atoms with E-state index in [0.717, 1.165) is 29.9 Å². The van der Waals surface area contributed by atoms with Crippen LogP contribution in [0, 0.1) is 0 Å². The highest BCUT2D eigenvalue weighted by Crippen LogP contribution is 2.31. The summed E-state index contributed by atoms with van der Waals surface area (Å²) in [6.45, 7) is 4.51. The third kappa shape index (κ3) is 2.77. The first-order valence-corrected chi connectivity index (χ1v) is 7.27. The van der Waals surface area contributed by atoms with Crippen LogP contribution in [0.4, 0.5) is 5.69 Å². The standard InChI is InChI=1S/C16H19N3O2/c1-10-6-7-14(16(21)18-10)19-15(20)12-8-9-17-13-5-3-2-4-11(12)13/h2-5,12,14,17H,1,6-9H2,(H,18,21)(H,19,20)/t12?,14-/m1/s1. The number of hydrogen-bond donors (Lipinski definition) is 3. The summed E-state index contributed by atoms with van der Waals surface area (Å²) in [4.78, 5) is 24.4. The van der Waals surface area contributed by atoms with Gasteiger partial charge in [0.05, 0.1) is 5.92 Å². The summed E-state index contributed by atoms with van der Waals surface area (Å²) < 4.78 is 0. The van der Waals surface area contributed by atoms with Crippen molar-refractivity contribution in [2.45, 2.75) is 31.2 Å². The fourth-order valence-electron chi connectivity index (χ4n) is 2.92. The first-order valence-electron chi connectivity index (χ1n) is 7.27. The SMILES string of the molecule is C=C1CC[C@@H](NC(=O)C2CCNc3ccccc32)C(=O)N1. The third-order valence-corrected chi connectivity index (χ3v) is 4.07. The number of piperidine rings is 1. The van der Waals surface area contributed by atoms with E-state index in [9.17, 15) is 9.59 Å². The Bertz CT molecular complexity index is 597. The molecule has 0 aliphatic carbocycles. The molecular formula is C16H19N3O2. The Morgan fingerprint density at radius 3 is 2.90 bits per heavy atom. The Hall–Kier alpha value is -2.30. The predicted molar refractivity (Wildman–Crippen MR) is 80.7 cm³/mol. The first-order chi connectivity index (χ1) is 10.1. The van der Waals surface area contributed by atoms with Gasteiger partial charge in [-0.05, 0) is 30.9 Å². The Morgan fingerprint density at radius 1 is 1.29 bits per heavy atom. The van der Waals surface area contributed by atoms with Crippen LogP contribution >= 0.6 is 0 Å². The van der Waals surface area contributed by atoms with Gasteiger partial charge in [-0.1, -0.05) is 24.8 Å². The van der Waals surface area contributed by atoms with E-state index in [1.165, 1.54) is 0 Å². The molecule has 5 heteroatoms. The average Bonchev–Trinajstić information content (AvgIpc) is 2.49. The first kappa shape index (κ1) is 13.7. The molecular weight excluding hydrogens is 266 g/mol. The maximum atomic E-state index is 12.5. The zero-order chi connectivity index (χ0) is 14.8. The lowest BCUT2D eigenvalue weighted by Crippen LogP contribution is -2.50. The molecule has 3 N–H and O–H groups in total. The molecule has 1 saturated heterocycles. The second-order valence-electron chi connectivity index (χ2n) is 5.55. The fraction of sp³-hybridized carbons (Fsp3) is 0.375. The van der Waals surface area contributed by atoms with Crippen molar-refractivity contribution in [3.05, 3.63) is 42.1 Å². The van der Waals surface area contributed by atoms with Gasteiger partial charge in [0.2, 0.25) is 11.8 Å². The van der Waals surface area contributed by atoms with E-state index < -0.39 is 6.04 Å². The number of nitrogens with one attached hydrogen (secondary N) is 3. The summed E-state index contributed by atoms with van der Waals surface area (Å²) in [5.74, 6) is -0.432. The van der Waals surface area contributed by atoms with Crippen LogP contribution in [0.3, 0.4) is 0 Å². The minimum atomic E-state index is -0.454. The fourth-order valence-corrected chi connectivity index (χ4v) is 2.92. The van der Waals surface area contributed by atoms with Crippen LogP contribution in [0.15, 0.2) is 36.5 Å². The van der Waals surface area contributed by atoms with E-state index in [1.807, 2.05) is 24.3 Å². The van der Waals surface area contributed by atoms with Crippen molar-refractivity contribution in [1.82, 2.24) is 10.6 Å². The molecule has 2 aliphatic rings. The van der Waals surface area contributed by atoms with Crippen LogP contribution in [0.5, 0.6) is 0 Å². The molecule has 1 unspecified atom stereocenters. The minimum Gasteiger partial charge on any atom is -0.385 e. The second-order valence-corrected chi connectivity index (χ2v) is 5.55. The van der Waals surface area contributed by atoms with Crippen molar-refractivity contribution in [3.63, 3.8) is 0 Å². The zero-order valence-electron chi connectivity index (χ0n) is 11.8. The van der Waals surface area contributed by atoms with E-state index in [0.29, 0.717) is 12.8 Å². The quantitative estimate of drug-likeness (QED) is 0.771. The van der Waals surface area contributed by atoms with Crippen molar-refractivity contribution < 1.29 is 9.59 Å². The molecule has 1 aromatic rings. The van der Waals surface area contributed by atoms with E-state index >= 15 is 0 Å². The largest absolute Gasteiger partial charge is 0.385 e. The number of fused-ring (bicyclic) bond motifs is 1. The highest BCUT2D eigenvalue weighted by molar-refractivity contribution is 5.92. The van der Waals surface area contributed by atoms with Crippen molar-refractivity contribution in [2.75, 3.05) is 11.9 Å². The van der Waals surface area contributed by atoms with Crippen LogP contribution in [-0.4, -0.2) is 24.4 Å². The third-order valence-electron chi connectivity index (χ3n) is 4.07. The topological polar surface area (TPSA) is 70.2 Å². The van der Waals surface area contributed by atoms with Gasteiger partial charge in [0.25, 0.3) is 0 Å². The smallest absolute Gasteiger partial charge is 0.246 e. The van der Waals surface area contributed by atoms with Crippen molar-refractivity contribution >= 4 is 17.5 Å². The minimum absolute atomic E-state index is 0.0726. The highest BCUT2D eigenvalue weighted by Gasteiger charge is 2.31. The van der Waals surface area contributed by atoms with Crippen LogP contribution in [0.2, 0.25) is 0 Å². The zero-order valence-corrected chi connectivity index (χ0v) is 11.8. The molecule has 2 amide bonds. The number of amides is 2. The maximum Gasteiger partial charge on any atom is 0.246 e. The van der Waals surface area contributed by atoms with Crippen molar-refractivity contribution in [2.24, 2.45) is 0 Å². The van der Waals surface area contributed by atoms with Crippen molar-refractivity contribution in [3.8, 4) is 0 Å². The number of benzene rings is 1. The molecule has 0 radical (unpaired) electrons. The molecule has 0 saturated carbocycles. The predicted octanol–water partition coefficient (Wildman–Crippen LogP) is 1.49. The summed E-state index contributed by atoms with van der Waals surface area (Å²) in [6.07, 6.45) is 2.06. The average molecular weight is 285 g/mol. The molecule has 0 aromatic heterocycles. The van der Waals surface area contributed by atoms with Crippen LogP contribution < -0.4 is 16.0 Å². The Labute approximate surface area is 123 Å². The molecule has 110 valence electrons. The number of hydrogen-bond acceptors (Lipinski definition) is 3. The van der Waals surface area contributed by atoms with Crippen LogP contribution in [0.25, 0.3) is 0 Å². The summed E-state index contributed by atoms with van der Waals surface area (Å²) in [7, 11) is 0. The lowest BCUT2D eigenvalue weighted by molar-refractivity contribution is -0.130. The molecule has 1 fully saturated rings. The van der Waals surface area contributed by atoms with Gasteiger partial charge < -0.3 is 16.0 Å². The molecule has 3 rings (SSSR count). The second kappa shape index (κ2) is 5.60. The summed E-state index contributed by atoms with van der Waals surface area (Å²) >= 11 is 0. The molecule has 0 bridgehead atoms. The van der Waals surface area contributed by atoms with Gasteiger partial charge in [-0.15, -0.1) is 0 Å². The monoisotopic (exact) mass is 285 g/mol. The molecule has 1 aromatic carbocycles. The number of carbonyl (C=O) groups excluding carboxylic acids is 2. The van der Waals surface area contributed by atoms with Gasteiger partial charge >= 0.3 is 0 Å². The van der Waals surface area contributed by atoms with Gasteiger partial charge in [0, 0.05) is 17.9 Å². The molecule has 21 heavy (non-hydrogen) atoms. The van der Waals surface area contributed by atoms with E-state index in [1.54, 1.807) is 0 Å². The summed E-state index contributed by atoms with van der Waals surface area (Å²) in [6, 6.07) is 7.38. The molecule has 2 aliphatic heterocycles. The molecule has 0 spiro atoms. The van der Waals surface area contributed by atoms with Crippen molar-refractivity contribution in [1.29, 1.82) is 0 Å². The Kier molecular flexibility index (Phi) is 3.64. The summed E-state index contributed by atoms with van der Waals surface area (Å²) in [5.41, 5.74) is 2.73. The Balaban J connectivity index is 1.72. The molecule has 5 nitrogen and oxygen atoms in total. The van der Waals surface area contributed by atoms with Gasteiger partial charge in [-0.3, -0.25) is 9.59 Å².